The molecule has 1 aromatic carbocycles. The lowest BCUT2D eigenvalue weighted by Crippen LogP contribution is -2.25. The third kappa shape index (κ3) is 3.85. The minimum atomic E-state index is -0.437. The Morgan fingerprint density at radius 3 is 2.67 bits per heavy atom. The summed E-state index contributed by atoms with van der Waals surface area (Å²) >= 11 is 6.05. The first kappa shape index (κ1) is 14.7. The first-order valence-corrected chi connectivity index (χ1v) is 6.20. The molecule has 0 aliphatic heterocycles. The highest BCUT2D eigenvalue weighted by Crippen LogP contribution is 2.30. The van der Waals surface area contributed by atoms with E-state index in [-0.39, 0.29) is 5.69 Å². The minimum Gasteiger partial charge on any atom is -0.382 e. The Labute approximate surface area is 112 Å². The Morgan fingerprint density at radius 2 is 2.17 bits per heavy atom. The molecule has 0 atom stereocenters. The summed E-state index contributed by atoms with van der Waals surface area (Å²) in [5, 5.41) is 14.3. The molecule has 0 spiro atoms. The molecule has 100 valence electrons. The third-order valence-corrected chi connectivity index (χ3v) is 3.12. The molecule has 1 N–H and O–H groups in total. The van der Waals surface area contributed by atoms with Crippen LogP contribution in [0.4, 0.5) is 11.4 Å². The van der Waals surface area contributed by atoms with Crippen LogP contribution in [0.25, 0.3) is 0 Å². The molecule has 18 heavy (non-hydrogen) atoms. The summed E-state index contributed by atoms with van der Waals surface area (Å²) in [5.74, 6) is 0. The summed E-state index contributed by atoms with van der Waals surface area (Å²) in [6, 6.07) is 2.90. The lowest BCUT2D eigenvalue weighted by molar-refractivity contribution is -0.384. The Kier molecular flexibility index (Phi) is 5.37. The number of halogens is 1. The maximum Gasteiger partial charge on any atom is 0.271 e. The van der Waals surface area contributed by atoms with Crippen LogP contribution in [-0.2, 0) is 0 Å². The van der Waals surface area contributed by atoms with Crippen LogP contribution in [0.15, 0.2) is 12.1 Å². The van der Waals surface area contributed by atoms with Crippen molar-refractivity contribution < 1.29 is 4.92 Å². The van der Waals surface area contributed by atoms with Crippen molar-refractivity contribution in [2.45, 2.75) is 13.8 Å². The number of nitrogens with one attached hydrogen (secondary N) is 1. The van der Waals surface area contributed by atoms with Crippen molar-refractivity contribution in [3.8, 4) is 0 Å². The quantitative estimate of drug-likeness (QED) is 0.638. The molecule has 1 rings (SSSR count). The van der Waals surface area contributed by atoms with Crippen molar-refractivity contribution in [3.63, 3.8) is 0 Å². The van der Waals surface area contributed by atoms with Crippen molar-refractivity contribution in [1.82, 2.24) is 4.90 Å². The van der Waals surface area contributed by atoms with E-state index in [1.165, 1.54) is 12.1 Å². The van der Waals surface area contributed by atoms with Gasteiger partial charge in [-0.1, -0.05) is 18.5 Å². The number of nitro benzene ring substituents is 1. The summed E-state index contributed by atoms with van der Waals surface area (Å²) in [5.41, 5.74) is 1.58. The fourth-order valence-electron chi connectivity index (χ4n) is 1.59. The summed E-state index contributed by atoms with van der Waals surface area (Å²) < 4.78 is 0. The van der Waals surface area contributed by atoms with Gasteiger partial charge in [0.1, 0.15) is 0 Å². The predicted molar refractivity (Wildman–Crippen MR) is 74.5 cm³/mol. The molecule has 0 saturated carbocycles. The molecule has 5 nitrogen and oxygen atoms in total. The van der Waals surface area contributed by atoms with E-state index in [2.05, 4.69) is 17.1 Å². The fourth-order valence-corrected chi connectivity index (χ4v) is 1.91. The normalized spacial score (nSPS) is 10.7. The van der Waals surface area contributed by atoms with Gasteiger partial charge in [0.25, 0.3) is 5.69 Å². The van der Waals surface area contributed by atoms with Gasteiger partial charge < -0.3 is 10.2 Å². The van der Waals surface area contributed by atoms with Crippen molar-refractivity contribution >= 4 is 23.0 Å². The van der Waals surface area contributed by atoms with Crippen LogP contribution in [0.2, 0.25) is 5.02 Å². The predicted octanol–water partition coefficient (Wildman–Crippen LogP) is 2.92. The molecule has 0 aliphatic carbocycles. The van der Waals surface area contributed by atoms with Crippen LogP contribution in [-0.4, -0.2) is 36.5 Å². The number of hydrogen-bond acceptors (Lipinski definition) is 4. The SMILES string of the molecule is CCN(C)CCNc1c(C)cc([N+](=O)[O-])cc1Cl. The maximum atomic E-state index is 10.7. The molecular weight excluding hydrogens is 254 g/mol. The topological polar surface area (TPSA) is 58.4 Å². The molecule has 0 amide bonds. The van der Waals surface area contributed by atoms with Gasteiger partial charge in [0.2, 0.25) is 0 Å². The zero-order chi connectivity index (χ0) is 13.7. The number of hydrogen-bond donors (Lipinski definition) is 1. The van der Waals surface area contributed by atoms with Crippen LogP contribution in [0.3, 0.4) is 0 Å². The second-order valence-corrected chi connectivity index (χ2v) is 4.61. The number of nitro groups is 1. The molecule has 0 unspecified atom stereocenters. The van der Waals surface area contributed by atoms with Gasteiger partial charge >= 0.3 is 0 Å². The average molecular weight is 272 g/mol. The first-order chi connectivity index (χ1) is 8.45. The van der Waals surface area contributed by atoms with Crippen molar-refractivity contribution in [1.29, 1.82) is 0 Å². The van der Waals surface area contributed by atoms with E-state index in [1.807, 2.05) is 14.0 Å². The summed E-state index contributed by atoms with van der Waals surface area (Å²) in [6.07, 6.45) is 0. The monoisotopic (exact) mass is 271 g/mol. The minimum absolute atomic E-state index is 0.0220. The van der Waals surface area contributed by atoms with Crippen LogP contribution in [0.1, 0.15) is 12.5 Å². The lowest BCUT2D eigenvalue weighted by atomic mass is 10.1. The summed E-state index contributed by atoms with van der Waals surface area (Å²) in [7, 11) is 2.03. The molecule has 0 bridgehead atoms. The van der Waals surface area contributed by atoms with Gasteiger partial charge in [0.05, 0.1) is 15.6 Å². The number of rotatable bonds is 6. The molecular formula is C12H18ClN3O2. The Hall–Kier alpha value is -1.33. The lowest BCUT2D eigenvalue weighted by Gasteiger charge is -2.16. The van der Waals surface area contributed by atoms with Gasteiger partial charge in [-0.15, -0.1) is 0 Å². The van der Waals surface area contributed by atoms with E-state index < -0.39 is 4.92 Å². The number of non-ortho nitro benzene ring substituents is 1. The Morgan fingerprint density at radius 1 is 1.50 bits per heavy atom. The second kappa shape index (κ2) is 6.56. The number of benzene rings is 1. The van der Waals surface area contributed by atoms with Crippen molar-refractivity contribution in [3.05, 3.63) is 32.8 Å². The van der Waals surface area contributed by atoms with E-state index in [9.17, 15) is 10.1 Å². The zero-order valence-corrected chi connectivity index (χ0v) is 11.6. The smallest absolute Gasteiger partial charge is 0.271 e. The highest BCUT2D eigenvalue weighted by molar-refractivity contribution is 6.33. The molecule has 0 saturated heterocycles. The van der Waals surface area contributed by atoms with Crippen LogP contribution >= 0.6 is 11.6 Å². The van der Waals surface area contributed by atoms with E-state index >= 15 is 0 Å². The molecule has 0 heterocycles. The highest BCUT2D eigenvalue weighted by atomic mass is 35.5. The summed E-state index contributed by atoms with van der Waals surface area (Å²) in [4.78, 5) is 12.4. The molecule has 0 aromatic heterocycles. The van der Waals surface area contributed by atoms with Gasteiger partial charge in [-0.2, -0.15) is 0 Å². The largest absolute Gasteiger partial charge is 0.382 e. The van der Waals surface area contributed by atoms with E-state index in [1.54, 1.807) is 0 Å². The Balaban J connectivity index is 2.75. The van der Waals surface area contributed by atoms with E-state index in [4.69, 9.17) is 11.6 Å². The summed E-state index contributed by atoms with van der Waals surface area (Å²) in [6.45, 7) is 6.52. The molecule has 6 heteroatoms. The highest BCUT2D eigenvalue weighted by Gasteiger charge is 2.12. The van der Waals surface area contributed by atoms with Crippen LogP contribution in [0.5, 0.6) is 0 Å². The molecule has 0 radical (unpaired) electrons. The van der Waals surface area contributed by atoms with E-state index in [0.717, 1.165) is 30.9 Å². The maximum absolute atomic E-state index is 10.7. The average Bonchev–Trinajstić information content (AvgIpc) is 2.31. The molecule has 0 aliphatic rings. The standard InChI is InChI=1S/C12H18ClN3O2/c1-4-15(3)6-5-14-12-9(2)7-10(16(17)18)8-11(12)13/h7-8,14H,4-6H2,1-3H3. The van der Waals surface area contributed by atoms with Gasteiger partial charge in [-0.05, 0) is 26.1 Å². The van der Waals surface area contributed by atoms with E-state index in [0.29, 0.717) is 5.02 Å². The van der Waals surface area contributed by atoms with Gasteiger partial charge in [0.15, 0.2) is 0 Å². The third-order valence-electron chi connectivity index (χ3n) is 2.82. The zero-order valence-electron chi connectivity index (χ0n) is 10.9. The van der Waals surface area contributed by atoms with Crippen molar-refractivity contribution in [2.24, 2.45) is 0 Å². The number of nitrogens with zero attached hydrogens (tertiary/aromatic N) is 2. The van der Waals surface area contributed by atoms with Crippen LogP contribution < -0.4 is 5.32 Å². The first-order valence-electron chi connectivity index (χ1n) is 5.82. The van der Waals surface area contributed by atoms with Gasteiger partial charge in [0, 0.05) is 25.2 Å². The Bertz CT molecular complexity index is 414. The van der Waals surface area contributed by atoms with Gasteiger partial charge in [-0.3, -0.25) is 10.1 Å². The molecule has 1 aromatic rings. The number of aryl methyl sites for hydroxylation is 1. The van der Waals surface area contributed by atoms with Crippen LogP contribution in [0, 0.1) is 17.0 Å². The number of anilines is 1. The second-order valence-electron chi connectivity index (χ2n) is 4.20. The van der Waals surface area contributed by atoms with Crippen molar-refractivity contribution in [2.75, 3.05) is 32.0 Å². The van der Waals surface area contributed by atoms with Gasteiger partial charge in [-0.25, -0.2) is 0 Å². The number of likely N-dealkylation sites (N-methyl/N-ethyl adjacent to an activating group) is 1. The fraction of sp³-hybridized carbons (Fsp3) is 0.500. The molecule has 0 fully saturated rings.